The molecule has 1 aromatic rings. The summed E-state index contributed by atoms with van der Waals surface area (Å²) in [5.41, 5.74) is 8.42. The van der Waals surface area contributed by atoms with Crippen LogP contribution >= 0.6 is 0 Å². The first-order valence-electron chi connectivity index (χ1n) is 5.97. The number of esters is 1. The van der Waals surface area contributed by atoms with Crippen LogP contribution in [0.4, 0.5) is 0 Å². The molecule has 1 aromatic carbocycles. The zero-order chi connectivity index (χ0) is 12.8. The minimum atomic E-state index is -0.208. The Kier molecular flexibility index (Phi) is 5.16. The van der Waals surface area contributed by atoms with Crippen LogP contribution in [-0.2, 0) is 9.53 Å². The number of carbonyl (C=O) groups excluding carboxylic acids is 1. The SMILES string of the molecule is COC(=O)CCC(N)c1cccc(C(C)C)c1. The van der Waals surface area contributed by atoms with E-state index in [0.717, 1.165) is 5.56 Å². The highest BCUT2D eigenvalue weighted by atomic mass is 16.5. The monoisotopic (exact) mass is 235 g/mol. The molecule has 0 saturated heterocycles. The summed E-state index contributed by atoms with van der Waals surface area (Å²) >= 11 is 0. The van der Waals surface area contributed by atoms with E-state index >= 15 is 0 Å². The van der Waals surface area contributed by atoms with Crippen LogP contribution in [0.3, 0.4) is 0 Å². The predicted octanol–water partition coefficient (Wildman–Crippen LogP) is 2.76. The van der Waals surface area contributed by atoms with Crippen LogP contribution < -0.4 is 5.73 Å². The van der Waals surface area contributed by atoms with Crippen molar-refractivity contribution in [2.75, 3.05) is 7.11 Å². The molecule has 0 heterocycles. The van der Waals surface area contributed by atoms with Crippen LogP contribution in [-0.4, -0.2) is 13.1 Å². The molecule has 0 aliphatic rings. The van der Waals surface area contributed by atoms with Crippen LogP contribution in [0, 0.1) is 0 Å². The topological polar surface area (TPSA) is 52.3 Å². The van der Waals surface area contributed by atoms with Gasteiger partial charge in [0.2, 0.25) is 0 Å². The van der Waals surface area contributed by atoms with Gasteiger partial charge in [0.25, 0.3) is 0 Å². The largest absolute Gasteiger partial charge is 0.469 e. The van der Waals surface area contributed by atoms with Gasteiger partial charge >= 0.3 is 5.97 Å². The van der Waals surface area contributed by atoms with Gasteiger partial charge in [0.1, 0.15) is 0 Å². The third-order valence-corrected chi connectivity index (χ3v) is 2.89. The first-order valence-corrected chi connectivity index (χ1v) is 5.97. The lowest BCUT2D eigenvalue weighted by atomic mass is 9.96. The maximum Gasteiger partial charge on any atom is 0.305 e. The van der Waals surface area contributed by atoms with E-state index in [0.29, 0.717) is 18.8 Å². The predicted molar refractivity (Wildman–Crippen MR) is 68.7 cm³/mol. The van der Waals surface area contributed by atoms with Gasteiger partial charge in [-0.3, -0.25) is 4.79 Å². The molecule has 1 atom stereocenters. The zero-order valence-electron chi connectivity index (χ0n) is 10.8. The quantitative estimate of drug-likeness (QED) is 0.798. The average molecular weight is 235 g/mol. The molecule has 1 rings (SSSR count). The van der Waals surface area contributed by atoms with Gasteiger partial charge < -0.3 is 10.5 Å². The zero-order valence-corrected chi connectivity index (χ0v) is 10.8. The molecule has 94 valence electrons. The van der Waals surface area contributed by atoms with Gasteiger partial charge in [0.05, 0.1) is 7.11 Å². The molecule has 0 fully saturated rings. The summed E-state index contributed by atoms with van der Waals surface area (Å²) in [4.78, 5) is 11.0. The summed E-state index contributed by atoms with van der Waals surface area (Å²) < 4.78 is 4.60. The van der Waals surface area contributed by atoms with Crippen molar-refractivity contribution in [3.05, 3.63) is 35.4 Å². The van der Waals surface area contributed by atoms with E-state index in [1.807, 2.05) is 12.1 Å². The Hall–Kier alpha value is -1.35. The highest BCUT2D eigenvalue weighted by Crippen LogP contribution is 2.21. The lowest BCUT2D eigenvalue weighted by Gasteiger charge is -2.14. The van der Waals surface area contributed by atoms with E-state index in [1.165, 1.54) is 12.7 Å². The van der Waals surface area contributed by atoms with Crippen molar-refractivity contribution in [1.29, 1.82) is 0 Å². The molecule has 0 saturated carbocycles. The van der Waals surface area contributed by atoms with Crippen LogP contribution in [0.25, 0.3) is 0 Å². The maximum atomic E-state index is 11.0. The Morgan fingerprint density at radius 1 is 1.35 bits per heavy atom. The number of methoxy groups -OCH3 is 1. The molecule has 1 unspecified atom stereocenters. The van der Waals surface area contributed by atoms with Crippen LogP contribution in [0.1, 0.15) is 49.8 Å². The number of nitrogens with two attached hydrogens (primary N) is 1. The Labute approximate surface area is 103 Å². The van der Waals surface area contributed by atoms with Crippen molar-refractivity contribution in [3.8, 4) is 0 Å². The second kappa shape index (κ2) is 6.40. The van der Waals surface area contributed by atoms with E-state index in [-0.39, 0.29) is 12.0 Å². The minimum absolute atomic E-state index is 0.104. The summed E-state index contributed by atoms with van der Waals surface area (Å²) in [6.07, 6.45) is 0.984. The van der Waals surface area contributed by atoms with E-state index in [9.17, 15) is 4.79 Å². The first kappa shape index (κ1) is 13.7. The standard InChI is InChI=1S/C14H21NO2/c1-10(2)11-5-4-6-12(9-11)13(15)7-8-14(16)17-3/h4-6,9-10,13H,7-8,15H2,1-3H3. The Bertz CT molecular complexity index is 374. The summed E-state index contributed by atoms with van der Waals surface area (Å²) in [7, 11) is 1.40. The molecule has 0 amide bonds. The Morgan fingerprint density at radius 2 is 2.00 bits per heavy atom. The molecule has 0 spiro atoms. The van der Waals surface area contributed by atoms with E-state index in [2.05, 4.69) is 30.7 Å². The van der Waals surface area contributed by atoms with Crippen LogP contribution in [0.5, 0.6) is 0 Å². The van der Waals surface area contributed by atoms with Crippen LogP contribution in [0.2, 0.25) is 0 Å². The third kappa shape index (κ3) is 4.19. The number of carbonyl (C=O) groups is 1. The van der Waals surface area contributed by atoms with E-state index < -0.39 is 0 Å². The number of benzene rings is 1. The van der Waals surface area contributed by atoms with E-state index in [4.69, 9.17) is 5.73 Å². The number of ether oxygens (including phenoxy) is 1. The van der Waals surface area contributed by atoms with Crippen molar-refractivity contribution in [2.45, 2.75) is 38.6 Å². The van der Waals surface area contributed by atoms with Gasteiger partial charge in [0.15, 0.2) is 0 Å². The van der Waals surface area contributed by atoms with Gasteiger partial charge in [-0.1, -0.05) is 38.1 Å². The summed E-state index contributed by atoms with van der Waals surface area (Å²) in [6, 6.07) is 8.14. The fourth-order valence-electron chi connectivity index (χ4n) is 1.69. The van der Waals surface area contributed by atoms with Crippen molar-refractivity contribution in [2.24, 2.45) is 5.73 Å². The average Bonchev–Trinajstić information content (AvgIpc) is 2.35. The van der Waals surface area contributed by atoms with Crippen molar-refractivity contribution in [3.63, 3.8) is 0 Å². The molecule has 0 bridgehead atoms. The summed E-state index contributed by atoms with van der Waals surface area (Å²) in [6.45, 7) is 4.30. The first-order chi connectivity index (χ1) is 8.04. The Morgan fingerprint density at radius 3 is 2.59 bits per heavy atom. The number of hydrogen-bond acceptors (Lipinski definition) is 3. The number of rotatable bonds is 5. The molecule has 3 nitrogen and oxygen atoms in total. The molecule has 0 radical (unpaired) electrons. The third-order valence-electron chi connectivity index (χ3n) is 2.89. The fourth-order valence-corrected chi connectivity index (χ4v) is 1.69. The molecule has 0 aromatic heterocycles. The maximum absolute atomic E-state index is 11.0. The molecule has 0 aliphatic carbocycles. The van der Waals surface area contributed by atoms with Crippen molar-refractivity contribution >= 4 is 5.97 Å². The normalized spacial score (nSPS) is 12.5. The summed E-state index contributed by atoms with van der Waals surface area (Å²) in [5, 5.41) is 0. The highest BCUT2D eigenvalue weighted by molar-refractivity contribution is 5.69. The summed E-state index contributed by atoms with van der Waals surface area (Å²) in [5.74, 6) is 0.281. The minimum Gasteiger partial charge on any atom is -0.469 e. The van der Waals surface area contributed by atoms with Gasteiger partial charge in [-0.15, -0.1) is 0 Å². The highest BCUT2D eigenvalue weighted by Gasteiger charge is 2.10. The molecular formula is C14H21NO2. The lowest BCUT2D eigenvalue weighted by molar-refractivity contribution is -0.140. The fraction of sp³-hybridized carbons (Fsp3) is 0.500. The lowest BCUT2D eigenvalue weighted by Crippen LogP contribution is -2.13. The molecule has 17 heavy (non-hydrogen) atoms. The molecule has 2 N–H and O–H groups in total. The van der Waals surface area contributed by atoms with Crippen LogP contribution in [0.15, 0.2) is 24.3 Å². The van der Waals surface area contributed by atoms with Crippen molar-refractivity contribution in [1.82, 2.24) is 0 Å². The Balaban J connectivity index is 2.65. The second-order valence-electron chi connectivity index (χ2n) is 4.55. The van der Waals surface area contributed by atoms with Gasteiger partial charge in [-0.05, 0) is 23.5 Å². The van der Waals surface area contributed by atoms with Gasteiger partial charge in [-0.2, -0.15) is 0 Å². The van der Waals surface area contributed by atoms with Gasteiger partial charge in [0, 0.05) is 12.5 Å². The van der Waals surface area contributed by atoms with Crippen molar-refractivity contribution < 1.29 is 9.53 Å². The van der Waals surface area contributed by atoms with E-state index in [1.54, 1.807) is 0 Å². The molecular weight excluding hydrogens is 214 g/mol. The van der Waals surface area contributed by atoms with Gasteiger partial charge in [-0.25, -0.2) is 0 Å². The number of hydrogen-bond donors (Lipinski definition) is 1. The molecule has 0 aliphatic heterocycles. The second-order valence-corrected chi connectivity index (χ2v) is 4.55. The molecule has 3 heteroatoms. The smallest absolute Gasteiger partial charge is 0.305 e.